The quantitative estimate of drug-likeness (QED) is 0.320. The molecule has 6 rings (SSSR count). The van der Waals surface area contributed by atoms with E-state index in [0.717, 1.165) is 50.9 Å². The minimum atomic E-state index is 0.452. The predicted octanol–water partition coefficient (Wildman–Crippen LogP) is 8.29. The van der Waals surface area contributed by atoms with Crippen LogP contribution in [0.1, 0.15) is 17.9 Å². The van der Waals surface area contributed by atoms with Crippen molar-refractivity contribution in [1.29, 1.82) is 0 Å². The summed E-state index contributed by atoms with van der Waals surface area (Å²) in [5, 5.41) is 5.86. The van der Waals surface area contributed by atoms with E-state index in [1.54, 1.807) is 0 Å². The number of nitrogens with one attached hydrogen (secondary N) is 1. The summed E-state index contributed by atoms with van der Waals surface area (Å²) in [4.78, 5) is 0. The van der Waals surface area contributed by atoms with E-state index in [4.69, 9.17) is 4.42 Å². The lowest BCUT2D eigenvalue weighted by molar-refractivity contribution is 0.670. The van der Waals surface area contributed by atoms with Crippen LogP contribution in [0.15, 0.2) is 125 Å². The van der Waals surface area contributed by atoms with Crippen LogP contribution >= 0.6 is 0 Å². The van der Waals surface area contributed by atoms with Crippen LogP contribution in [0, 0.1) is 0 Å². The molecule has 1 atom stereocenters. The smallest absolute Gasteiger partial charge is 0.143 e. The van der Waals surface area contributed by atoms with Crippen molar-refractivity contribution in [2.45, 2.75) is 12.3 Å². The van der Waals surface area contributed by atoms with Gasteiger partial charge >= 0.3 is 0 Å². The van der Waals surface area contributed by atoms with Crippen molar-refractivity contribution >= 4 is 27.6 Å². The zero-order valence-corrected chi connectivity index (χ0v) is 17.7. The molecule has 1 aromatic heterocycles. The second kappa shape index (κ2) is 7.90. The molecule has 0 spiro atoms. The maximum absolute atomic E-state index is 6.20. The summed E-state index contributed by atoms with van der Waals surface area (Å²) >= 11 is 0. The van der Waals surface area contributed by atoms with Gasteiger partial charge in [0.25, 0.3) is 0 Å². The van der Waals surface area contributed by atoms with E-state index < -0.39 is 0 Å². The summed E-state index contributed by atoms with van der Waals surface area (Å²) in [5.74, 6) is 0.452. The van der Waals surface area contributed by atoms with Gasteiger partial charge in [0.2, 0.25) is 0 Å². The first-order chi connectivity index (χ1) is 15.8. The zero-order chi connectivity index (χ0) is 21.3. The Morgan fingerprint density at radius 1 is 0.719 bits per heavy atom. The maximum atomic E-state index is 6.20. The summed E-state index contributed by atoms with van der Waals surface area (Å²) in [6.45, 7) is 0. The van der Waals surface area contributed by atoms with Gasteiger partial charge in [-0.15, -0.1) is 0 Å². The average molecular weight is 414 g/mol. The van der Waals surface area contributed by atoms with Gasteiger partial charge in [0, 0.05) is 33.6 Å². The number of hydrogen-bond donors (Lipinski definition) is 1. The van der Waals surface area contributed by atoms with Crippen LogP contribution < -0.4 is 5.32 Å². The van der Waals surface area contributed by atoms with Crippen LogP contribution in [0.5, 0.6) is 0 Å². The molecular formula is C30H23NO. The lowest BCUT2D eigenvalue weighted by Gasteiger charge is -2.18. The molecule has 2 nitrogen and oxygen atoms in total. The fourth-order valence-electron chi connectivity index (χ4n) is 4.53. The molecule has 154 valence electrons. The Hall–Kier alpha value is -4.04. The highest BCUT2D eigenvalue weighted by Gasteiger charge is 2.13. The molecule has 1 unspecified atom stereocenters. The molecule has 1 aliphatic rings. The molecule has 1 N–H and O–H groups in total. The van der Waals surface area contributed by atoms with Crippen molar-refractivity contribution < 1.29 is 4.42 Å². The van der Waals surface area contributed by atoms with Crippen LogP contribution in [-0.2, 0) is 0 Å². The summed E-state index contributed by atoms with van der Waals surface area (Å²) in [6.07, 6.45) is 7.76. The van der Waals surface area contributed by atoms with Crippen molar-refractivity contribution in [3.8, 4) is 11.1 Å². The van der Waals surface area contributed by atoms with Gasteiger partial charge < -0.3 is 9.73 Å². The average Bonchev–Trinajstić information content (AvgIpc) is 3.25. The monoisotopic (exact) mass is 413 g/mol. The second-order valence-corrected chi connectivity index (χ2v) is 8.25. The van der Waals surface area contributed by atoms with Gasteiger partial charge in [-0.1, -0.05) is 91.0 Å². The minimum Gasteiger partial charge on any atom is -0.455 e. The van der Waals surface area contributed by atoms with Crippen LogP contribution in [0.3, 0.4) is 0 Å². The molecule has 0 aliphatic heterocycles. The molecule has 4 aromatic carbocycles. The van der Waals surface area contributed by atoms with E-state index in [2.05, 4.69) is 108 Å². The molecule has 0 amide bonds. The topological polar surface area (TPSA) is 25.2 Å². The van der Waals surface area contributed by atoms with Crippen molar-refractivity contribution in [1.82, 2.24) is 0 Å². The van der Waals surface area contributed by atoms with Crippen molar-refractivity contribution in [2.75, 3.05) is 5.32 Å². The highest BCUT2D eigenvalue weighted by molar-refractivity contribution is 6.09. The Labute approximate surface area is 187 Å². The van der Waals surface area contributed by atoms with E-state index >= 15 is 0 Å². The van der Waals surface area contributed by atoms with Crippen LogP contribution in [0.4, 0.5) is 5.69 Å². The molecule has 0 bridgehead atoms. The van der Waals surface area contributed by atoms with E-state index in [0.29, 0.717) is 5.92 Å². The standard InChI is InChI=1S/C30H23NO/c1-2-7-21(8-3-1)22-13-17-24(18-14-22)31-25-19-15-23(16-20-25)26-10-6-11-28-27-9-4-5-12-29(27)32-30(26)28/h1-13,15-20,22,31H,14H2. The first-order valence-electron chi connectivity index (χ1n) is 11.1. The number of hydrogen-bond acceptors (Lipinski definition) is 2. The third-order valence-electron chi connectivity index (χ3n) is 6.22. The van der Waals surface area contributed by atoms with Crippen molar-refractivity contribution in [3.05, 3.63) is 127 Å². The Kier molecular flexibility index (Phi) is 4.62. The summed E-state index contributed by atoms with van der Waals surface area (Å²) in [5.41, 5.74) is 7.73. The number of anilines is 1. The molecular weight excluding hydrogens is 390 g/mol. The van der Waals surface area contributed by atoms with Gasteiger partial charge in [-0.3, -0.25) is 0 Å². The number of benzene rings is 4. The van der Waals surface area contributed by atoms with Crippen molar-refractivity contribution in [3.63, 3.8) is 0 Å². The third-order valence-corrected chi connectivity index (χ3v) is 6.22. The first kappa shape index (κ1) is 18.7. The highest BCUT2D eigenvalue weighted by atomic mass is 16.3. The molecule has 2 heteroatoms. The van der Waals surface area contributed by atoms with Crippen LogP contribution in [0.2, 0.25) is 0 Å². The molecule has 32 heavy (non-hydrogen) atoms. The molecule has 0 saturated carbocycles. The molecule has 5 aromatic rings. The molecule has 0 fully saturated rings. The van der Waals surface area contributed by atoms with Crippen LogP contribution in [-0.4, -0.2) is 0 Å². The number of fused-ring (bicyclic) bond motifs is 3. The molecule has 0 saturated heterocycles. The fourth-order valence-corrected chi connectivity index (χ4v) is 4.53. The predicted molar refractivity (Wildman–Crippen MR) is 134 cm³/mol. The Morgan fingerprint density at radius 3 is 2.31 bits per heavy atom. The van der Waals surface area contributed by atoms with Gasteiger partial charge in [-0.2, -0.15) is 0 Å². The van der Waals surface area contributed by atoms with Crippen molar-refractivity contribution in [2.24, 2.45) is 0 Å². The second-order valence-electron chi connectivity index (χ2n) is 8.25. The van der Waals surface area contributed by atoms with E-state index in [9.17, 15) is 0 Å². The summed E-state index contributed by atoms with van der Waals surface area (Å²) in [7, 11) is 0. The Bertz CT molecular complexity index is 1460. The van der Waals surface area contributed by atoms with Gasteiger partial charge in [0.1, 0.15) is 11.2 Å². The lowest BCUT2D eigenvalue weighted by atomic mass is 9.92. The largest absolute Gasteiger partial charge is 0.455 e. The molecule has 1 heterocycles. The fraction of sp³-hybridized carbons (Fsp3) is 0.0667. The van der Waals surface area contributed by atoms with Gasteiger partial charge in [0.15, 0.2) is 0 Å². The lowest BCUT2D eigenvalue weighted by Crippen LogP contribution is -2.04. The van der Waals surface area contributed by atoms with Crippen LogP contribution in [0.25, 0.3) is 33.1 Å². The zero-order valence-electron chi connectivity index (χ0n) is 17.7. The van der Waals surface area contributed by atoms with E-state index in [-0.39, 0.29) is 0 Å². The number of allylic oxidation sites excluding steroid dienone is 3. The maximum Gasteiger partial charge on any atom is 0.143 e. The van der Waals surface area contributed by atoms with Gasteiger partial charge in [-0.25, -0.2) is 0 Å². The molecule has 1 aliphatic carbocycles. The number of rotatable bonds is 4. The van der Waals surface area contributed by atoms with E-state index in [1.165, 1.54) is 5.56 Å². The van der Waals surface area contributed by atoms with Gasteiger partial charge in [-0.05, 0) is 41.8 Å². The third kappa shape index (κ3) is 3.40. The normalized spacial score (nSPS) is 15.8. The Morgan fingerprint density at radius 2 is 1.50 bits per heavy atom. The summed E-state index contributed by atoms with van der Waals surface area (Å²) < 4.78 is 6.20. The number of furan rings is 1. The molecule has 0 radical (unpaired) electrons. The Balaban J connectivity index is 1.23. The number of para-hydroxylation sites is 2. The SMILES string of the molecule is C1=CC(c2ccccc2)CC=C1Nc1ccc(-c2cccc3c2oc2ccccc23)cc1. The minimum absolute atomic E-state index is 0.452. The van der Waals surface area contributed by atoms with Gasteiger partial charge in [0.05, 0.1) is 0 Å². The van der Waals surface area contributed by atoms with E-state index in [1.807, 2.05) is 12.1 Å². The summed E-state index contributed by atoms with van der Waals surface area (Å²) in [6, 6.07) is 33.8. The highest BCUT2D eigenvalue weighted by Crippen LogP contribution is 2.36. The first-order valence-corrected chi connectivity index (χ1v) is 11.1.